The molecule has 0 spiro atoms. The Morgan fingerprint density at radius 1 is 1.30 bits per heavy atom. The topological polar surface area (TPSA) is 77.8 Å². The van der Waals surface area contributed by atoms with E-state index in [2.05, 4.69) is 5.32 Å². The molecule has 1 N–H and O–H groups in total. The van der Waals surface area contributed by atoms with Crippen LogP contribution in [0, 0.1) is 6.92 Å². The lowest BCUT2D eigenvalue weighted by atomic mass is 9.94. The van der Waals surface area contributed by atoms with E-state index < -0.39 is 0 Å². The van der Waals surface area contributed by atoms with Gasteiger partial charge in [-0.05, 0) is 38.3 Å². The monoisotopic (exact) mass is 369 g/mol. The van der Waals surface area contributed by atoms with Gasteiger partial charge >= 0.3 is 0 Å². The molecule has 0 unspecified atom stereocenters. The van der Waals surface area contributed by atoms with E-state index in [1.807, 2.05) is 12.1 Å². The molecule has 1 saturated heterocycles. The molecule has 1 atom stereocenters. The summed E-state index contributed by atoms with van der Waals surface area (Å²) in [5, 5.41) is 2.84. The Labute approximate surface area is 157 Å². The minimum absolute atomic E-state index is 0.0566. The SMILES string of the molecule is Cc1c(C(=O)Nc2cccc(OC[C@@H]3CCCO3)c2)oc2c1C(=O)CCC2. The number of hydrogen-bond donors (Lipinski definition) is 1. The average molecular weight is 369 g/mol. The van der Waals surface area contributed by atoms with E-state index in [9.17, 15) is 9.59 Å². The molecule has 1 aromatic heterocycles. The predicted octanol–water partition coefficient (Wildman–Crippen LogP) is 3.92. The smallest absolute Gasteiger partial charge is 0.291 e. The molecule has 1 amide bonds. The third-order valence-electron chi connectivity index (χ3n) is 5.06. The Bertz CT molecular complexity index is 863. The second-order valence-electron chi connectivity index (χ2n) is 7.06. The molecule has 2 aliphatic rings. The number of ether oxygens (including phenoxy) is 2. The molecule has 1 fully saturated rings. The Balaban J connectivity index is 1.45. The number of fused-ring (bicyclic) bond motifs is 1. The van der Waals surface area contributed by atoms with E-state index >= 15 is 0 Å². The van der Waals surface area contributed by atoms with Crippen molar-refractivity contribution < 1.29 is 23.5 Å². The molecule has 1 aromatic carbocycles. The van der Waals surface area contributed by atoms with Crippen molar-refractivity contribution >= 4 is 17.4 Å². The maximum Gasteiger partial charge on any atom is 0.291 e. The van der Waals surface area contributed by atoms with Gasteiger partial charge in [0.05, 0.1) is 11.7 Å². The van der Waals surface area contributed by atoms with Crippen LogP contribution < -0.4 is 10.1 Å². The summed E-state index contributed by atoms with van der Waals surface area (Å²) in [6, 6.07) is 7.24. The van der Waals surface area contributed by atoms with Crippen LogP contribution in [0.2, 0.25) is 0 Å². The maximum atomic E-state index is 12.7. The lowest BCUT2D eigenvalue weighted by Gasteiger charge is -2.12. The fourth-order valence-electron chi connectivity index (χ4n) is 3.68. The molecule has 1 aliphatic heterocycles. The van der Waals surface area contributed by atoms with E-state index in [0.29, 0.717) is 47.8 Å². The second-order valence-corrected chi connectivity index (χ2v) is 7.06. The van der Waals surface area contributed by atoms with Gasteiger partial charge in [-0.15, -0.1) is 0 Å². The van der Waals surface area contributed by atoms with E-state index in [-0.39, 0.29) is 23.6 Å². The van der Waals surface area contributed by atoms with Gasteiger partial charge in [0.1, 0.15) is 18.1 Å². The number of carbonyl (C=O) groups is 2. The summed E-state index contributed by atoms with van der Waals surface area (Å²) in [6.45, 7) is 3.06. The van der Waals surface area contributed by atoms with Crippen LogP contribution in [0.3, 0.4) is 0 Å². The molecule has 6 nitrogen and oxygen atoms in total. The van der Waals surface area contributed by atoms with Crippen molar-refractivity contribution in [1.29, 1.82) is 0 Å². The molecule has 0 bridgehead atoms. The highest BCUT2D eigenvalue weighted by Crippen LogP contribution is 2.30. The van der Waals surface area contributed by atoms with Gasteiger partial charge in [-0.25, -0.2) is 0 Å². The van der Waals surface area contributed by atoms with Gasteiger partial charge in [-0.1, -0.05) is 6.07 Å². The summed E-state index contributed by atoms with van der Waals surface area (Å²) in [4.78, 5) is 24.8. The van der Waals surface area contributed by atoms with Crippen LogP contribution >= 0.6 is 0 Å². The van der Waals surface area contributed by atoms with E-state index in [1.165, 1.54) is 0 Å². The molecule has 2 heterocycles. The Morgan fingerprint density at radius 2 is 2.19 bits per heavy atom. The number of carbonyl (C=O) groups excluding carboxylic acids is 2. The lowest BCUT2D eigenvalue weighted by Crippen LogP contribution is -2.16. The summed E-state index contributed by atoms with van der Waals surface area (Å²) in [5.74, 6) is 1.21. The lowest BCUT2D eigenvalue weighted by molar-refractivity contribution is 0.0679. The van der Waals surface area contributed by atoms with Gasteiger partial charge in [0, 0.05) is 36.8 Å². The zero-order chi connectivity index (χ0) is 18.8. The zero-order valence-corrected chi connectivity index (χ0v) is 15.4. The van der Waals surface area contributed by atoms with Gasteiger partial charge in [-0.3, -0.25) is 9.59 Å². The van der Waals surface area contributed by atoms with Crippen LogP contribution in [0.25, 0.3) is 0 Å². The normalized spacial score (nSPS) is 19.0. The molecule has 0 saturated carbocycles. The first-order valence-corrected chi connectivity index (χ1v) is 9.43. The first-order valence-electron chi connectivity index (χ1n) is 9.43. The number of furan rings is 1. The van der Waals surface area contributed by atoms with Crippen LogP contribution in [0.5, 0.6) is 5.75 Å². The summed E-state index contributed by atoms with van der Waals surface area (Å²) in [5.41, 5.74) is 1.82. The number of nitrogens with one attached hydrogen (secondary N) is 1. The number of aryl methyl sites for hydroxylation is 1. The Hall–Kier alpha value is -2.60. The molecule has 1 aliphatic carbocycles. The standard InChI is InChI=1S/C21H23NO5/c1-13-19-17(23)8-3-9-18(19)27-20(13)21(24)22-14-5-2-6-15(11-14)26-12-16-7-4-10-25-16/h2,5-6,11,16H,3-4,7-10,12H2,1H3,(H,22,24)/t16-/m0/s1. The number of hydrogen-bond acceptors (Lipinski definition) is 5. The predicted molar refractivity (Wildman–Crippen MR) is 99.6 cm³/mol. The third kappa shape index (κ3) is 3.76. The van der Waals surface area contributed by atoms with Gasteiger partial charge in [-0.2, -0.15) is 0 Å². The maximum absolute atomic E-state index is 12.7. The summed E-state index contributed by atoms with van der Waals surface area (Å²) < 4.78 is 17.0. The average Bonchev–Trinajstić information content (AvgIpc) is 3.29. The minimum Gasteiger partial charge on any atom is -0.491 e. The highest BCUT2D eigenvalue weighted by Gasteiger charge is 2.28. The molecular formula is C21H23NO5. The summed E-state index contributed by atoms with van der Waals surface area (Å²) in [6.07, 6.45) is 4.19. The Kier molecular flexibility index (Phi) is 4.99. The molecule has 0 radical (unpaired) electrons. The highest BCUT2D eigenvalue weighted by molar-refractivity contribution is 6.07. The molecule has 2 aromatic rings. The molecular weight excluding hydrogens is 346 g/mol. The zero-order valence-electron chi connectivity index (χ0n) is 15.4. The van der Waals surface area contributed by atoms with Gasteiger partial charge < -0.3 is 19.2 Å². The number of amides is 1. The number of Topliss-reactive ketones (excluding diaryl/α,β-unsaturated/α-hetero) is 1. The van der Waals surface area contributed by atoms with Crippen LogP contribution in [0.4, 0.5) is 5.69 Å². The quantitative estimate of drug-likeness (QED) is 0.864. The second kappa shape index (κ2) is 7.56. The largest absolute Gasteiger partial charge is 0.491 e. The molecule has 27 heavy (non-hydrogen) atoms. The van der Waals surface area contributed by atoms with E-state index in [0.717, 1.165) is 25.9 Å². The summed E-state index contributed by atoms with van der Waals surface area (Å²) in [7, 11) is 0. The number of anilines is 1. The van der Waals surface area contributed by atoms with Gasteiger partial charge in [0.2, 0.25) is 0 Å². The molecule has 142 valence electrons. The van der Waals surface area contributed by atoms with E-state index in [4.69, 9.17) is 13.9 Å². The van der Waals surface area contributed by atoms with Crippen molar-refractivity contribution in [2.24, 2.45) is 0 Å². The Morgan fingerprint density at radius 3 is 2.96 bits per heavy atom. The van der Waals surface area contributed by atoms with Crippen LogP contribution in [0.15, 0.2) is 28.7 Å². The number of ketones is 1. The van der Waals surface area contributed by atoms with Crippen molar-refractivity contribution in [3.8, 4) is 5.75 Å². The first-order chi connectivity index (χ1) is 13.1. The molecule has 6 heteroatoms. The van der Waals surface area contributed by atoms with Crippen molar-refractivity contribution in [1.82, 2.24) is 0 Å². The van der Waals surface area contributed by atoms with Crippen molar-refractivity contribution in [2.75, 3.05) is 18.5 Å². The van der Waals surface area contributed by atoms with Crippen LogP contribution in [-0.4, -0.2) is 31.0 Å². The number of rotatable bonds is 5. The van der Waals surface area contributed by atoms with Crippen molar-refractivity contribution in [3.05, 3.63) is 46.9 Å². The van der Waals surface area contributed by atoms with Gasteiger partial charge in [0.15, 0.2) is 11.5 Å². The van der Waals surface area contributed by atoms with E-state index in [1.54, 1.807) is 19.1 Å². The third-order valence-corrected chi connectivity index (χ3v) is 5.06. The van der Waals surface area contributed by atoms with Crippen molar-refractivity contribution in [2.45, 2.75) is 45.1 Å². The van der Waals surface area contributed by atoms with Crippen molar-refractivity contribution in [3.63, 3.8) is 0 Å². The minimum atomic E-state index is -0.356. The fraction of sp³-hybridized carbons (Fsp3) is 0.429. The first kappa shape index (κ1) is 17.8. The van der Waals surface area contributed by atoms with Gasteiger partial charge in [0.25, 0.3) is 5.91 Å². The highest BCUT2D eigenvalue weighted by atomic mass is 16.5. The fourth-order valence-corrected chi connectivity index (χ4v) is 3.68. The number of benzene rings is 1. The van der Waals surface area contributed by atoms with Crippen LogP contribution in [-0.2, 0) is 11.2 Å². The molecule has 4 rings (SSSR count). The summed E-state index contributed by atoms with van der Waals surface area (Å²) >= 11 is 0. The van der Waals surface area contributed by atoms with Crippen LogP contribution in [0.1, 0.15) is 57.9 Å².